The number of ether oxygens (including phenoxy) is 1. The molecule has 2 aliphatic rings. The molecule has 2 aromatic carbocycles. The van der Waals surface area contributed by atoms with E-state index >= 15 is 0 Å². The largest absolute Gasteiger partial charge is 0.481 e. The van der Waals surface area contributed by atoms with Gasteiger partial charge in [-0.1, -0.05) is 12.1 Å². The normalized spacial score (nSPS) is 13.7. The van der Waals surface area contributed by atoms with Gasteiger partial charge in [0.05, 0.1) is 67.0 Å². The molecule has 9 rings (SSSR count). The van der Waals surface area contributed by atoms with Gasteiger partial charge in [-0.05, 0) is 103 Å². The van der Waals surface area contributed by atoms with Crippen LogP contribution in [0.15, 0.2) is 83.9 Å². The van der Waals surface area contributed by atoms with E-state index in [2.05, 4.69) is 67.7 Å². The van der Waals surface area contributed by atoms with Crippen LogP contribution in [0, 0.1) is 13.8 Å². The van der Waals surface area contributed by atoms with Crippen molar-refractivity contribution in [1.82, 2.24) is 44.8 Å². The lowest BCUT2D eigenvalue weighted by atomic mass is 10.0. The fourth-order valence-corrected chi connectivity index (χ4v) is 7.55. The third kappa shape index (κ3) is 11.9. The smallest absolute Gasteiger partial charge is 0.390 e. The summed E-state index contributed by atoms with van der Waals surface area (Å²) in [4.78, 5) is 37.8. The first-order chi connectivity index (χ1) is 32.4. The van der Waals surface area contributed by atoms with Gasteiger partial charge in [-0.15, -0.1) is 5.10 Å². The van der Waals surface area contributed by atoms with E-state index in [4.69, 9.17) is 4.74 Å². The monoisotopic (exact) mass is 1010 g/mol. The maximum absolute atomic E-state index is 12.8. The molecule has 15 nitrogen and oxygen atoms in total. The first-order valence-electron chi connectivity index (χ1n) is 21.6. The molecule has 2 fully saturated rings. The fourth-order valence-electron chi connectivity index (χ4n) is 7.16. The summed E-state index contributed by atoms with van der Waals surface area (Å²) in [5.41, 5.74) is 7.90. The van der Waals surface area contributed by atoms with Gasteiger partial charge >= 0.3 is 12.4 Å². The summed E-state index contributed by atoms with van der Waals surface area (Å²) in [5.74, 6) is 0.616. The fraction of sp³-hybridized carbons (Fsp3) is 0.326. The highest BCUT2D eigenvalue weighted by Crippen LogP contribution is 2.32. The molecule has 5 N–H and O–H groups in total. The average Bonchev–Trinajstić information content (AvgIpc) is 4.19. The Labute approximate surface area is 393 Å². The topological polar surface area (TPSA) is 177 Å². The first-order valence-corrected chi connectivity index (χ1v) is 22.4. The van der Waals surface area contributed by atoms with Crippen LogP contribution in [0.3, 0.4) is 0 Å². The minimum absolute atomic E-state index is 0.0864. The van der Waals surface area contributed by atoms with Crippen molar-refractivity contribution in [2.45, 2.75) is 76.8 Å². The molecule has 22 heteroatoms. The Hall–Kier alpha value is -6.97. The van der Waals surface area contributed by atoms with Crippen LogP contribution in [0.4, 0.5) is 49.2 Å². The molecule has 0 atom stereocenters. The number of alkyl halides is 6. The maximum atomic E-state index is 12.8. The van der Waals surface area contributed by atoms with Gasteiger partial charge in [0.1, 0.15) is 4.60 Å². The highest BCUT2D eigenvalue weighted by atomic mass is 79.9. The predicted octanol–water partition coefficient (Wildman–Crippen LogP) is 9.83. The zero-order valence-corrected chi connectivity index (χ0v) is 38.4. The van der Waals surface area contributed by atoms with Crippen LogP contribution in [-0.4, -0.2) is 90.6 Å². The van der Waals surface area contributed by atoms with Gasteiger partial charge in [-0.25, -0.2) is 24.0 Å². The number of amides is 2. The van der Waals surface area contributed by atoms with Crippen molar-refractivity contribution in [3.05, 3.63) is 106 Å². The first kappa shape index (κ1) is 47.5. The van der Waals surface area contributed by atoms with E-state index in [1.54, 1.807) is 64.0 Å². The molecule has 68 heavy (non-hydrogen) atoms. The Morgan fingerprint density at radius 1 is 0.676 bits per heavy atom. The molecular formula is C46H45BrF6N12O3. The lowest BCUT2D eigenvalue weighted by Crippen LogP contribution is -2.26. The minimum Gasteiger partial charge on any atom is -0.481 e. The summed E-state index contributed by atoms with van der Waals surface area (Å²) in [7, 11) is 1.51. The van der Waals surface area contributed by atoms with E-state index in [0.29, 0.717) is 67.2 Å². The number of benzene rings is 2. The van der Waals surface area contributed by atoms with Crippen molar-refractivity contribution in [2.75, 3.05) is 36.1 Å². The van der Waals surface area contributed by atoms with Crippen LogP contribution in [-0.2, 0) is 0 Å². The standard InChI is InChI=1S/C26H26F3N7O2.C20H19BrF3N5O/c1-15-11-16(3-7-19(15)25(37)34-17-4-5-17)21-14-32-24-20(30-10-9-26(27,28)29)12-22(35-36(21)24)33-18-6-8-23(38-2)31-13-18;1-11-8-12(2-5-14(11)19(30)27-13-3-4-13)16-10-26-18-15(9-17(21)28-29(16)18)25-7-6-20(22,23)24/h3,6-8,11-14,17,30H,4-5,9-10H2,1-2H3,(H,33,35)(H,34,37);2,5,8-10,13,25H,3-4,6-7H2,1H3,(H,27,30). The van der Waals surface area contributed by atoms with E-state index in [-0.39, 0.29) is 37.0 Å². The molecule has 0 spiro atoms. The SMILES string of the molecule is COc1ccc(Nc2cc(NCCC(F)(F)F)c3ncc(-c4ccc(C(=O)NC5CC5)c(C)c4)n3n2)cn1.Cc1cc(-c2cnc3c(NCCC(F)(F)F)cc(Br)nn23)ccc1C(=O)NC1CC1. The molecule has 2 saturated carbocycles. The van der Waals surface area contributed by atoms with Gasteiger partial charge < -0.3 is 31.3 Å². The molecule has 0 unspecified atom stereocenters. The molecule has 0 bridgehead atoms. The number of hydrogen-bond donors (Lipinski definition) is 5. The number of fused-ring (bicyclic) bond motifs is 2. The van der Waals surface area contributed by atoms with E-state index in [0.717, 1.165) is 47.9 Å². The number of methoxy groups -OCH3 is 1. The molecule has 2 aliphatic carbocycles. The summed E-state index contributed by atoms with van der Waals surface area (Å²) < 4.78 is 84.5. The van der Waals surface area contributed by atoms with E-state index in [1.807, 2.05) is 38.1 Å². The average molecular weight is 1010 g/mol. The second-order valence-corrected chi connectivity index (χ2v) is 17.2. The molecule has 356 valence electrons. The number of imidazole rings is 2. The van der Waals surface area contributed by atoms with E-state index in [9.17, 15) is 35.9 Å². The Morgan fingerprint density at radius 2 is 1.18 bits per heavy atom. The second kappa shape index (κ2) is 19.7. The zero-order valence-electron chi connectivity index (χ0n) is 36.8. The van der Waals surface area contributed by atoms with Crippen LogP contribution in [0.2, 0.25) is 0 Å². The van der Waals surface area contributed by atoms with E-state index < -0.39 is 25.2 Å². The molecule has 5 heterocycles. The van der Waals surface area contributed by atoms with Crippen molar-refractivity contribution in [1.29, 1.82) is 0 Å². The number of aryl methyl sites for hydroxylation is 2. The Morgan fingerprint density at radius 3 is 1.62 bits per heavy atom. The number of pyridine rings is 1. The number of rotatable bonds is 15. The van der Waals surface area contributed by atoms with E-state index in [1.165, 1.54) is 7.11 Å². The van der Waals surface area contributed by atoms with Crippen LogP contribution in [0.25, 0.3) is 33.8 Å². The van der Waals surface area contributed by atoms with Crippen molar-refractivity contribution < 1.29 is 40.7 Å². The number of aromatic nitrogens is 7. The van der Waals surface area contributed by atoms with Gasteiger partial charge in [0.15, 0.2) is 17.1 Å². The Kier molecular flexibility index (Phi) is 13.8. The molecule has 5 aromatic heterocycles. The van der Waals surface area contributed by atoms with Crippen molar-refractivity contribution in [2.24, 2.45) is 0 Å². The molecule has 0 aliphatic heterocycles. The Balaban J connectivity index is 0.000000189. The van der Waals surface area contributed by atoms with Gasteiger partial charge in [-0.3, -0.25) is 9.59 Å². The molecule has 0 radical (unpaired) electrons. The number of carbonyl (C=O) groups is 2. The summed E-state index contributed by atoms with van der Waals surface area (Å²) in [5, 5.41) is 23.8. The highest BCUT2D eigenvalue weighted by Gasteiger charge is 2.29. The number of halogens is 7. The van der Waals surface area contributed by atoms with Gasteiger partial charge in [0.25, 0.3) is 11.8 Å². The lowest BCUT2D eigenvalue weighted by molar-refractivity contribution is -0.132. The zero-order chi connectivity index (χ0) is 48.3. The summed E-state index contributed by atoms with van der Waals surface area (Å²) in [6.07, 6.45) is -1.66. The lowest BCUT2D eigenvalue weighted by Gasteiger charge is -2.13. The van der Waals surface area contributed by atoms with Crippen molar-refractivity contribution in [3.8, 4) is 28.4 Å². The Bertz CT molecular complexity index is 2970. The molecule has 2 amide bonds. The number of nitrogens with zero attached hydrogens (tertiary/aromatic N) is 7. The summed E-state index contributed by atoms with van der Waals surface area (Å²) in [6.45, 7) is 3.14. The summed E-state index contributed by atoms with van der Waals surface area (Å²) in [6, 6.07) is 18.1. The van der Waals surface area contributed by atoms with Gasteiger partial charge in [0.2, 0.25) is 5.88 Å². The summed E-state index contributed by atoms with van der Waals surface area (Å²) >= 11 is 3.31. The highest BCUT2D eigenvalue weighted by molar-refractivity contribution is 9.10. The van der Waals surface area contributed by atoms with Crippen LogP contribution in [0.1, 0.15) is 70.4 Å². The number of anilines is 4. The number of carbonyl (C=O) groups excluding carboxylic acids is 2. The molecule has 7 aromatic rings. The second-order valence-electron chi connectivity index (χ2n) is 16.4. The minimum atomic E-state index is -4.29. The van der Waals surface area contributed by atoms with Gasteiger partial charge in [-0.2, -0.15) is 31.4 Å². The molecule has 0 saturated heterocycles. The van der Waals surface area contributed by atoms with Crippen LogP contribution < -0.4 is 31.3 Å². The predicted molar refractivity (Wildman–Crippen MR) is 247 cm³/mol. The third-order valence-corrected chi connectivity index (χ3v) is 11.3. The van der Waals surface area contributed by atoms with Crippen molar-refractivity contribution >= 4 is 61.9 Å². The van der Waals surface area contributed by atoms with Crippen LogP contribution in [0.5, 0.6) is 5.88 Å². The van der Waals surface area contributed by atoms with Crippen LogP contribution >= 0.6 is 15.9 Å². The van der Waals surface area contributed by atoms with Gasteiger partial charge in [0, 0.05) is 59.6 Å². The maximum Gasteiger partial charge on any atom is 0.390 e. The van der Waals surface area contributed by atoms with Crippen molar-refractivity contribution in [3.63, 3.8) is 0 Å². The number of hydrogen-bond acceptors (Lipinski definition) is 11. The number of nitrogens with one attached hydrogen (secondary N) is 5. The quantitative estimate of drug-likeness (QED) is 0.0618. The molecular weight excluding hydrogens is 962 g/mol. The third-order valence-electron chi connectivity index (χ3n) is 10.9.